The summed E-state index contributed by atoms with van der Waals surface area (Å²) in [5, 5.41) is 3.62. The van der Waals surface area contributed by atoms with Crippen LogP contribution in [0.15, 0.2) is 46.1 Å². The third kappa shape index (κ3) is 3.69. The number of hydrogen-bond acceptors (Lipinski definition) is 4. The molecule has 1 N–H and O–H groups in total. The lowest BCUT2D eigenvalue weighted by Crippen LogP contribution is -2.31. The van der Waals surface area contributed by atoms with Crippen LogP contribution in [0.25, 0.3) is 0 Å². The highest BCUT2D eigenvalue weighted by atomic mass is 19.1. The van der Waals surface area contributed by atoms with E-state index in [1.165, 1.54) is 0 Å². The quantitative estimate of drug-likeness (QED) is 0.777. The Bertz CT molecular complexity index is 1070. The summed E-state index contributed by atoms with van der Waals surface area (Å²) in [6.07, 6.45) is 0.908. The minimum atomic E-state index is -0.907. The van der Waals surface area contributed by atoms with Crippen LogP contribution >= 0.6 is 0 Å². The second kappa shape index (κ2) is 6.91. The van der Waals surface area contributed by atoms with E-state index in [4.69, 9.17) is 4.74 Å². The van der Waals surface area contributed by atoms with Gasteiger partial charge in [-0.3, -0.25) is 9.78 Å². The van der Waals surface area contributed by atoms with Gasteiger partial charge >= 0.3 is 5.69 Å². The fourth-order valence-corrected chi connectivity index (χ4v) is 2.36. The first-order chi connectivity index (χ1) is 12.3. The summed E-state index contributed by atoms with van der Waals surface area (Å²) in [5.41, 5.74) is 0.708. The van der Waals surface area contributed by atoms with Gasteiger partial charge < -0.3 is 4.74 Å². The summed E-state index contributed by atoms with van der Waals surface area (Å²) >= 11 is 0. The normalized spacial score (nSPS) is 10.8. The molecule has 1 aromatic heterocycles. The molecule has 2 aromatic carbocycles. The summed E-state index contributed by atoms with van der Waals surface area (Å²) in [5.74, 6) is -2.03. The van der Waals surface area contributed by atoms with E-state index in [-0.39, 0.29) is 12.1 Å². The van der Waals surface area contributed by atoms with E-state index in [2.05, 4.69) is 5.10 Å². The third-order valence-corrected chi connectivity index (χ3v) is 3.87. The highest BCUT2D eigenvalue weighted by Crippen LogP contribution is 2.29. The van der Waals surface area contributed by atoms with Crippen molar-refractivity contribution in [3.05, 3.63) is 85.7 Å². The molecule has 3 rings (SSSR count). The van der Waals surface area contributed by atoms with Gasteiger partial charge in [-0.05, 0) is 54.8 Å². The molecule has 8 heteroatoms. The zero-order valence-corrected chi connectivity index (χ0v) is 14.0. The largest absolute Gasteiger partial charge is 0.451 e. The number of halogens is 2. The van der Waals surface area contributed by atoms with Gasteiger partial charge in [-0.25, -0.2) is 18.3 Å². The Labute approximate surface area is 146 Å². The van der Waals surface area contributed by atoms with Crippen molar-refractivity contribution >= 4 is 0 Å². The minimum Gasteiger partial charge on any atom is -0.451 e. The number of nitrogens with zero attached hydrogens (tertiary/aromatic N) is 2. The van der Waals surface area contributed by atoms with Crippen LogP contribution in [0.3, 0.4) is 0 Å². The van der Waals surface area contributed by atoms with Crippen LogP contribution in [0.5, 0.6) is 11.5 Å². The van der Waals surface area contributed by atoms with Gasteiger partial charge in [-0.2, -0.15) is 5.10 Å². The van der Waals surface area contributed by atoms with Crippen LogP contribution in [0.4, 0.5) is 8.78 Å². The third-order valence-electron chi connectivity index (χ3n) is 3.87. The first kappa shape index (κ1) is 17.5. The van der Waals surface area contributed by atoms with E-state index < -0.39 is 28.6 Å². The van der Waals surface area contributed by atoms with Gasteiger partial charge in [-0.1, -0.05) is 6.07 Å². The maximum Gasteiger partial charge on any atom is 0.345 e. The van der Waals surface area contributed by atoms with Crippen LogP contribution in [-0.4, -0.2) is 14.8 Å². The molecule has 0 unspecified atom stereocenters. The predicted molar refractivity (Wildman–Crippen MR) is 90.6 cm³/mol. The Morgan fingerprint density at radius 2 is 1.77 bits per heavy atom. The average Bonchev–Trinajstić information content (AvgIpc) is 2.57. The molecule has 0 aliphatic carbocycles. The summed E-state index contributed by atoms with van der Waals surface area (Å²) in [6, 6.07) is 7.21. The van der Waals surface area contributed by atoms with Gasteiger partial charge in [0.25, 0.3) is 5.56 Å². The van der Waals surface area contributed by atoms with Gasteiger partial charge in [0, 0.05) is 0 Å². The second-order valence-electron chi connectivity index (χ2n) is 5.83. The lowest BCUT2D eigenvalue weighted by Gasteiger charge is -2.11. The van der Waals surface area contributed by atoms with E-state index in [0.29, 0.717) is 5.75 Å². The number of H-pyrrole nitrogens is 1. The lowest BCUT2D eigenvalue weighted by atomic mass is 10.1. The van der Waals surface area contributed by atoms with Crippen molar-refractivity contribution in [2.45, 2.75) is 20.4 Å². The van der Waals surface area contributed by atoms with Gasteiger partial charge in [0.1, 0.15) is 11.9 Å². The van der Waals surface area contributed by atoms with Crippen LogP contribution in [0.1, 0.15) is 16.7 Å². The minimum absolute atomic E-state index is 0.161. The van der Waals surface area contributed by atoms with Crippen LogP contribution in [0.2, 0.25) is 0 Å². The molecule has 0 aliphatic rings. The van der Waals surface area contributed by atoms with Gasteiger partial charge in [0.2, 0.25) is 0 Å². The fourth-order valence-electron chi connectivity index (χ4n) is 2.36. The van der Waals surface area contributed by atoms with Crippen LogP contribution < -0.4 is 16.0 Å². The smallest absolute Gasteiger partial charge is 0.345 e. The molecule has 0 fully saturated rings. The SMILES string of the molecule is Cc1ccc(Oc2c(F)cc(Cn3ncc(=O)[nH]c3=O)cc2F)cc1C. The molecule has 134 valence electrons. The molecule has 26 heavy (non-hydrogen) atoms. The maximum atomic E-state index is 14.3. The number of aryl methyl sites for hydroxylation is 2. The topological polar surface area (TPSA) is 77.0 Å². The van der Waals surface area contributed by atoms with Crippen molar-refractivity contribution in [3.8, 4) is 11.5 Å². The number of ether oxygens (including phenoxy) is 1. The van der Waals surface area contributed by atoms with Gasteiger partial charge in [0.05, 0.1) is 6.54 Å². The Morgan fingerprint density at radius 3 is 2.38 bits per heavy atom. The van der Waals surface area contributed by atoms with Crippen molar-refractivity contribution in [3.63, 3.8) is 0 Å². The highest BCUT2D eigenvalue weighted by molar-refractivity contribution is 5.39. The first-order valence-corrected chi connectivity index (χ1v) is 7.73. The molecule has 0 saturated heterocycles. The molecule has 0 aliphatic heterocycles. The monoisotopic (exact) mass is 359 g/mol. The fraction of sp³-hybridized carbons (Fsp3) is 0.167. The molecule has 0 atom stereocenters. The predicted octanol–water partition coefficient (Wildman–Crippen LogP) is 2.67. The Kier molecular flexibility index (Phi) is 4.66. The molecule has 0 spiro atoms. The summed E-state index contributed by atoms with van der Waals surface area (Å²) in [6.45, 7) is 3.59. The highest BCUT2D eigenvalue weighted by Gasteiger charge is 2.15. The lowest BCUT2D eigenvalue weighted by molar-refractivity contribution is 0.405. The molecule has 0 bridgehead atoms. The molecule has 0 saturated carbocycles. The first-order valence-electron chi connectivity index (χ1n) is 7.73. The zero-order chi connectivity index (χ0) is 18.8. The Hall–Kier alpha value is -3.29. The zero-order valence-electron chi connectivity index (χ0n) is 14.0. The van der Waals surface area contributed by atoms with E-state index in [1.807, 2.05) is 18.8 Å². The number of benzene rings is 2. The molecule has 3 aromatic rings. The van der Waals surface area contributed by atoms with E-state index in [0.717, 1.165) is 34.1 Å². The standard InChI is InChI=1S/C18H15F2N3O3/c1-10-3-4-13(5-11(10)2)26-17-14(19)6-12(7-15(17)20)9-23-18(25)22-16(24)8-21-23/h3-8H,9H2,1-2H3,(H,22,24,25). The summed E-state index contributed by atoms with van der Waals surface area (Å²) in [4.78, 5) is 24.6. The number of hydrogen-bond donors (Lipinski definition) is 1. The van der Waals surface area contributed by atoms with Crippen LogP contribution in [-0.2, 0) is 6.54 Å². The van der Waals surface area contributed by atoms with Crippen LogP contribution in [0, 0.1) is 25.5 Å². The van der Waals surface area contributed by atoms with Gasteiger partial charge in [0.15, 0.2) is 17.4 Å². The molecule has 1 heterocycles. The van der Waals surface area contributed by atoms with E-state index >= 15 is 0 Å². The summed E-state index contributed by atoms with van der Waals surface area (Å²) in [7, 11) is 0. The molecular formula is C18H15F2N3O3. The van der Waals surface area contributed by atoms with Crippen molar-refractivity contribution in [2.75, 3.05) is 0 Å². The molecular weight excluding hydrogens is 344 g/mol. The number of rotatable bonds is 4. The van der Waals surface area contributed by atoms with Crippen molar-refractivity contribution in [1.82, 2.24) is 14.8 Å². The maximum absolute atomic E-state index is 14.3. The number of aromatic nitrogens is 3. The molecule has 0 amide bonds. The molecule has 6 nitrogen and oxygen atoms in total. The Balaban J connectivity index is 1.89. The molecule has 0 radical (unpaired) electrons. The Morgan fingerprint density at radius 1 is 1.08 bits per heavy atom. The number of aromatic amines is 1. The second-order valence-corrected chi connectivity index (χ2v) is 5.83. The van der Waals surface area contributed by atoms with Crippen molar-refractivity contribution in [1.29, 1.82) is 0 Å². The van der Waals surface area contributed by atoms with Gasteiger partial charge in [-0.15, -0.1) is 0 Å². The van der Waals surface area contributed by atoms with E-state index in [9.17, 15) is 18.4 Å². The summed E-state index contributed by atoms with van der Waals surface area (Å²) < 4.78 is 34.9. The average molecular weight is 359 g/mol. The van der Waals surface area contributed by atoms with Crippen molar-refractivity contribution < 1.29 is 13.5 Å². The van der Waals surface area contributed by atoms with E-state index in [1.54, 1.807) is 18.2 Å². The number of nitrogens with one attached hydrogen (secondary N) is 1. The van der Waals surface area contributed by atoms with Crippen molar-refractivity contribution in [2.24, 2.45) is 0 Å².